The number of carbonyl (C=O) groups is 1. The van der Waals surface area contributed by atoms with Gasteiger partial charge in [0.1, 0.15) is 5.69 Å². The molecule has 5 heteroatoms. The van der Waals surface area contributed by atoms with Crippen molar-refractivity contribution in [3.8, 4) is 0 Å². The number of fused-ring (bicyclic) bond motifs is 2. The first-order chi connectivity index (χ1) is 11.3. The molecule has 0 saturated carbocycles. The van der Waals surface area contributed by atoms with Gasteiger partial charge in [0.05, 0.1) is 10.2 Å². The van der Waals surface area contributed by atoms with E-state index in [4.69, 9.17) is 0 Å². The van der Waals surface area contributed by atoms with Crippen LogP contribution >= 0.6 is 11.3 Å². The summed E-state index contributed by atoms with van der Waals surface area (Å²) in [6.45, 7) is 2.79. The van der Waals surface area contributed by atoms with Crippen molar-refractivity contribution in [1.82, 2.24) is 9.55 Å². The fourth-order valence-corrected chi connectivity index (χ4v) is 3.69. The van der Waals surface area contributed by atoms with E-state index in [-0.39, 0.29) is 5.91 Å². The molecule has 0 aliphatic heterocycles. The molecule has 2 heterocycles. The second-order valence-electron chi connectivity index (χ2n) is 5.27. The van der Waals surface area contributed by atoms with Crippen LogP contribution in [0, 0.1) is 0 Å². The maximum absolute atomic E-state index is 12.7. The van der Waals surface area contributed by atoms with Crippen LogP contribution in [0.5, 0.6) is 0 Å². The molecule has 1 N–H and O–H groups in total. The predicted octanol–water partition coefficient (Wildman–Crippen LogP) is 4.52. The Labute approximate surface area is 137 Å². The van der Waals surface area contributed by atoms with Crippen molar-refractivity contribution in [3.63, 3.8) is 0 Å². The van der Waals surface area contributed by atoms with Crippen LogP contribution in [-0.4, -0.2) is 15.5 Å². The Bertz CT molecular complexity index is 982. The molecule has 0 aliphatic rings. The molecular formula is C18H15N3OS. The van der Waals surface area contributed by atoms with Crippen LogP contribution in [0.1, 0.15) is 17.4 Å². The van der Waals surface area contributed by atoms with Crippen LogP contribution in [0.2, 0.25) is 0 Å². The van der Waals surface area contributed by atoms with Crippen molar-refractivity contribution in [2.75, 3.05) is 5.32 Å². The molecule has 4 nitrogen and oxygen atoms in total. The molecule has 2 aromatic heterocycles. The number of amides is 1. The van der Waals surface area contributed by atoms with E-state index in [2.05, 4.69) is 10.3 Å². The van der Waals surface area contributed by atoms with Gasteiger partial charge in [-0.1, -0.05) is 41.7 Å². The second-order valence-corrected chi connectivity index (χ2v) is 6.30. The molecule has 4 rings (SSSR count). The standard InChI is InChI=1S/C18H15N3OS/c1-2-21-14-9-5-3-7-12(14)11-15(21)17(22)20-18-19-13-8-4-6-10-16(13)23-18/h3-11H,2H2,1H3,(H,19,20,22). The van der Waals surface area contributed by atoms with Crippen LogP contribution in [0.4, 0.5) is 5.13 Å². The third-order valence-electron chi connectivity index (χ3n) is 3.87. The highest BCUT2D eigenvalue weighted by molar-refractivity contribution is 7.22. The first kappa shape index (κ1) is 14.0. The molecule has 0 spiro atoms. The number of benzene rings is 2. The molecule has 23 heavy (non-hydrogen) atoms. The number of aryl methyl sites for hydroxylation is 1. The zero-order valence-electron chi connectivity index (χ0n) is 12.6. The number of nitrogens with zero attached hydrogens (tertiary/aromatic N) is 2. The van der Waals surface area contributed by atoms with E-state index in [1.54, 1.807) is 0 Å². The number of nitrogens with one attached hydrogen (secondary N) is 1. The lowest BCUT2D eigenvalue weighted by atomic mass is 10.2. The SMILES string of the molecule is CCn1c(C(=O)Nc2nc3ccccc3s2)cc2ccccc21. The zero-order chi connectivity index (χ0) is 15.8. The van der Waals surface area contributed by atoms with Crippen LogP contribution in [0.15, 0.2) is 54.6 Å². The molecule has 0 fully saturated rings. The summed E-state index contributed by atoms with van der Waals surface area (Å²) in [7, 11) is 0. The van der Waals surface area contributed by atoms with E-state index in [0.717, 1.165) is 27.7 Å². The van der Waals surface area contributed by atoms with Gasteiger partial charge in [0.15, 0.2) is 5.13 Å². The molecule has 2 aromatic carbocycles. The van der Waals surface area contributed by atoms with E-state index >= 15 is 0 Å². The summed E-state index contributed by atoms with van der Waals surface area (Å²) in [6, 6.07) is 17.8. The Balaban J connectivity index is 1.71. The molecule has 0 unspecified atom stereocenters. The monoisotopic (exact) mass is 321 g/mol. The minimum absolute atomic E-state index is 0.123. The molecule has 0 bridgehead atoms. The Morgan fingerprint density at radius 2 is 1.96 bits per heavy atom. The highest BCUT2D eigenvalue weighted by Gasteiger charge is 2.16. The lowest BCUT2D eigenvalue weighted by molar-refractivity contribution is 0.101. The zero-order valence-corrected chi connectivity index (χ0v) is 13.4. The number of aromatic nitrogens is 2. The number of anilines is 1. The van der Waals surface area contributed by atoms with Gasteiger partial charge in [-0.3, -0.25) is 10.1 Å². The molecule has 1 amide bonds. The van der Waals surface area contributed by atoms with Crippen molar-refractivity contribution in [3.05, 3.63) is 60.3 Å². The number of rotatable bonds is 3. The number of carbonyl (C=O) groups excluding carboxylic acids is 1. The van der Waals surface area contributed by atoms with Crippen LogP contribution < -0.4 is 5.32 Å². The fourth-order valence-electron chi connectivity index (χ4n) is 2.83. The van der Waals surface area contributed by atoms with E-state index in [1.165, 1.54) is 11.3 Å². The van der Waals surface area contributed by atoms with Crippen LogP contribution in [-0.2, 0) is 6.54 Å². The normalized spacial score (nSPS) is 11.2. The number of hydrogen-bond donors (Lipinski definition) is 1. The van der Waals surface area contributed by atoms with Gasteiger partial charge in [0.2, 0.25) is 0 Å². The molecule has 0 aliphatic carbocycles. The third-order valence-corrected chi connectivity index (χ3v) is 4.83. The topological polar surface area (TPSA) is 46.9 Å². The Hall–Kier alpha value is -2.66. The van der Waals surface area contributed by atoms with Gasteiger partial charge in [-0.15, -0.1) is 0 Å². The number of para-hydroxylation sites is 2. The molecule has 0 atom stereocenters. The van der Waals surface area contributed by atoms with E-state index in [1.807, 2.05) is 66.1 Å². The minimum Gasteiger partial charge on any atom is -0.337 e. The van der Waals surface area contributed by atoms with Crippen molar-refractivity contribution >= 4 is 43.5 Å². The summed E-state index contributed by atoms with van der Waals surface area (Å²) >= 11 is 1.49. The Morgan fingerprint density at radius 3 is 2.78 bits per heavy atom. The van der Waals surface area contributed by atoms with E-state index in [0.29, 0.717) is 10.8 Å². The maximum atomic E-state index is 12.7. The van der Waals surface area contributed by atoms with Crippen molar-refractivity contribution < 1.29 is 4.79 Å². The molecule has 0 radical (unpaired) electrons. The lowest BCUT2D eigenvalue weighted by Crippen LogP contribution is -2.16. The summed E-state index contributed by atoms with van der Waals surface area (Å²) in [5.74, 6) is -0.123. The van der Waals surface area contributed by atoms with Gasteiger partial charge in [-0.25, -0.2) is 4.98 Å². The summed E-state index contributed by atoms with van der Waals surface area (Å²) < 4.78 is 3.09. The second kappa shape index (κ2) is 5.52. The Kier molecular flexibility index (Phi) is 3.35. The first-order valence-corrected chi connectivity index (χ1v) is 8.33. The van der Waals surface area contributed by atoms with Gasteiger partial charge in [-0.05, 0) is 31.2 Å². The lowest BCUT2D eigenvalue weighted by Gasteiger charge is -2.07. The predicted molar refractivity (Wildman–Crippen MR) is 95.2 cm³/mol. The quantitative estimate of drug-likeness (QED) is 0.603. The number of hydrogen-bond acceptors (Lipinski definition) is 3. The van der Waals surface area contributed by atoms with Gasteiger partial charge >= 0.3 is 0 Å². The fraction of sp³-hybridized carbons (Fsp3) is 0.111. The highest BCUT2D eigenvalue weighted by atomic mass is 32.1. The van der Waals surface area contributed by atoms with Crippen molar-refractivity contribution in [1.29, 1.82) is 0 Å². The molecule has 0 saturated heterocycles. The van der Waals surface area contributed by atoms with Gasteiger partial charge < -0.3 is 4.57 Å². The highest BCUT2D eigenvalue weighted by Crippen LogP contribution is 2.26. The number of thiazole rings is 1. The van der Waals surface area contributed by atoms with Gasteiger partial charge in [0.25, 0.3) is 5.91 Å². The first-order valence-electron chi connectivity index (χ1n) is 7.51. The average Bonchev–Trinajstić information content (AvgIpc) is 3.14. The molecule has 4 aromatic rings. The summed E-state index contributed by atoms with van der Waals surface area (Å²) in [4.78, 5) is 17.1. The van der Waals surface area contributed by atoms with Gasteiger partial charge in [0, 0.05) is 17.4 Å². The van der Waals surface area contributed by atoms with Crippen LogP contribution in [0.3, 0.4) is 0 Å². The van der Waals surface area contributed by atoms with Gasteiger partial charge in [-0.2, -0.15) is 0 Å². The van der Waals surface area contributed by atoms with E-state index < -0.39 is 0 Å². The molecule has 114 valence electrons. The maximum Gasteiger partial charge on any atom is 0.274 e. The van der Waals surface area contributed by atoms with Crippen LogP contribution in [0.25, 0.3) is 21.1 Å². The largest absolute Gasteiger partial charge is 0.337 e. The van der Waals surface area contributed by atoms with Crippen molar-refractivity contribution in [2.24, 2.45) is 0 Å². The average molecular weight is 321 g/mol. The summed E-state index contributed by atoms with van der Waals surface area (Å²) in [5, 5.41) is 4.63. The van der Waals surface area contributed by atoms with E-state index in [9.17, 15) is 4.79 Å². The minimum atomic E-state index is -0.123. The summed E-state index contributed by atoms with van der Waals surface area (Å²) in [5.41, 5.74) is 2.64. The summed E-state index contributed by atoms with van der Waals surface area (Å²) in [6.07, 6.45) is 0. The van der Waals surface area contributed by atoms with Crippen molar-refractivity contribution in [2.45, 2.75) is 13.5 Å². The smallest absolute Gasteiger partial charge is 0.274 e. The Morgan fingerprint density at radius 1 is 1.17 bits per heavy atom. The molecular weight excluding hydrogens is 306 g/mol. The third kappa shape index (κ3) is 2.39.